The summed E-state index contributed by atoms with van der Waals surface area (Å²) in [6, 6.07) is 10.8. The van der Waals surface area contributed by atoms with Crippen molar-refractivity contribution in [3.8, 4) is 5.75 Å². The Morgan fingerprint density at radius 2 is 1.79 bits per heavy atom. The second-order valence-corrected chi connectivity index (χ2v) is 7.16. The Morgan fingerprint density at radius 1 is 1.11 bits per heavy atom. The first-order valence-electron chi connectivity index (χ1n) is 5.20. The molecule has 0 saturated heterocycles. The summed E-state index contributed by atoms with van der Waals surface area (Å²) < 4.78 is 8.26. The summed E-state index contributed by atoms with van der Waals surface area (Å²) >= 11 is 6.53. The van der Waals surface area contributed by atoms with Crippen LogP contribution in [-0.4, -0.2) is 5.97 Å². The van der Waals surface area contributed by atoms with E-state index in [-0.39, 0.29) is 0 Å². The zero-order valence-corrected chi connectivity index (χ0v) is 16.0. The van der Waals surface area contributed by atoms with Gasteiger partial charge in [0.1, 0.15) is 0 Å². The van der Waals surface area contributed by atoms with E-state index >= 15 is 0 Å². The van der Waals surface area contributed by atoms with Crippen LogP contribution in [-0.2, 0) is 0 Å². The zero-order valence-electron chi connectivity index (χ0n) is 9.49. The van der Waals surface area contributed by atoms with E-state index in [4.69, 9.17) is 10.5 Å². The zero-order chi connectivity index (χ0) is 14.0. The number of benzene rings is 2. The van der Waals surface area contributed by atoms with E-state index in [2.05, 4.69) is 67.8 Å². The number of carbonyl (C=O) groups excluding carboxylic acids is 1. The first-order chi connectivity index (χ1) is 8.99. The van der Waals surface area contributed by atoms with Gasteiger partial charge in [-0.3, -0.25) is 0 Å². The lowest BCUT2D eigenvalue weighted by Crippen LogP contribution is -2.12. The molecule has 0 bridgehead atoms. The van der Waals surface area contributed by atoms with Crippen molar-refractivity contribution in [2.75, 3.05) is 5.73 Å². The van der Waals surface area contributed by atoms with Crippen LogP contribution in [0.15, 0.2) is 36.4 Å². The number of anilines is 1. The second-order valence-electron chi connectivity index (χ2n) is 3.68. The summed E-state index contributed by atoms with van der Waals surface area (Å²) in [6.45, 7) is 0. The maximum absolute atomic E-state index is 12.2. The van der Waals surface area contributed by atoms with Crippen molar-refractivity contribution < 1.29 is 9.53 Å². The van der Waals surface area contributed by atoms with Gasteiger partial charge >= 0.3 is 5.97 Å². The Kier molecular flexibility index (Phi) is 5.29. The molecule has 0 radical (unpaired) electrons. The largest absolute Gasteiger partial charge is 0.421 e. The van der Waals surface area contributed by atoms with Crippen LogP contribution in [0.4, 0.5) is 5.69 Å². The number of halogens is 3. The van der Waals surface area contributed by atoms with Crippen LogP contribution in [0.1, 0.15) is 10.4 Å². The van der Waals surface area contributed by atoms with Crippen LogP contribution < -0.4 is 10.5 Å². The molecule has 19 heavy (non-hydrogen) atoms. The molecule has 3 nitrogen and oxygen atoms in total. The van der Waals surface area contributed by atoms with E-state index in [0.717, 1.165) is 10.7 Å². The van der Waals surface area contributed by atoms with Crippen LogP contribution in [0.25, 0.3) is 0 Å². The summed E-state index contributed by atoms with van der Waals surface area (Å²) in [5, 5.41) is 0. The minimum absolute atomic E-state index is 0.386. The molecule has 0 heterocycles. The van der Waals surface area contributed by atoms with E-state index in [1.807, 2.05) is 12.1 Å². The number of hydrogen-bond acceptors (Lipinski definition) is 3. The van der Waals surface area contributed by atoms with Crippen LogP contribution in [0.2, 0.25) is 0 Å². The molecule has 0 aliphatic rings. The molecule has 2 N–H and O–H groups in total. The highest BCUT2D eigenvalue weighted by Crippen LogP contribution is 2.26. The first kappa shape index (κ1) is 15.3. The molecule has 2 rings (SSSR count). The van der Waals surface area contributed by atoms with Crippen molar-refractivity contribution in [2.45, 2.75) is 0 Å². The molecule has 0 saturated carbocycles. The minimum atomic E-state index is -0.390. The number of esters is 1. The van der Waals surface area contributed by atoms with E-state index in [1.54, 1.807) is 24.3 Å². The first-order valence-corrected chi connectivity index (χ1v) is 8.44. The number of ether oxygens (including phenoxy) is 1. The van der Waals surface area contributed by atoms with Crippen molar-refractivity contribution in [2.24, 2.45) is 0 Å². The Morgan fingerprint density at radius 3 is 2.47 bits per heavy atom. The molecular weight excluding hydrogens is 583 g/mol. The number of nitrogens with two attached hydrogens (primary N) is 1. The molecule has 0 fully saturated rings. The molecule has 2 aromatic carbocycles. The van der Waals surface area contributed by atoms with Gasteiger partial charge in [0.05, 0.1) is 11.3 Å². The summed E-state index contributed by atoms with van der Waals surface area (Å²) in [4.78, 5) is 12.2. The van der Waals surface area contributed by atoms with Crippen molar-refractivity contribution in [3.63, 3.8) is 0 Å². The van der Waals surface area contributed by atoms with Crippen molar-refractivity contribution in [1.82, 2.24) is 0 Å². The van der Waals surface area contributed by atoms with Gasteiger partial charge in [0.15, 0.2) is 5.75 Å². The Hall–Kier alpha value is -0.1000. The van der Waals surface area contributed by atoms with Gasteiger partial charge in [-0.15, -0.1) is 0 Å². The molecule has 0 spiro atoms. The molecule has 0 amide bonds. The lowest BCUT2D eigenvalue weighted by molar-refractivity contribution is 0.0734. The number of carbonyl (C=O) groups is 1. The van der Waals surface area contributed by atoms with Gasteiger partial charge in [0, 0.05) is 10.7 Å². The number of nitrogen functional groups attached to an aromatic ring is 1. The van der Waals surface area contributed by atoms with Gasteiger partial charge < -0.3 is 10.5 Å². The molecule has 6 heteroatoms. The summed E-state index contributed by atoms with van der Waals surface area (Å²) in [5.74, 6) is -0.00380. The lowest BCUT2D eigenvalue weighted by atomic mass is 10.2. The van der Waals surface area contributed by atoms with Gasteiger partial charge in [-0.05, 0) is 92.0 Å². The lowest BCUT2D eigenvalue weighted by Gasteiger charge is -2.09. The molecule has 0 aromatic heterocycles. The molecule has 0 aliphatic heterocycles. The normalized spacial score (nSPS) is 10.3. The van der Waals surface area contributed by atoms with Crippen molar-refractivity contribution >= 4 is 79.4 Å². The number of rotatable bonds is 2. The van der Waals surface area contributed by atoms with Gasteiger partial charge in [-0.1, -0.05) is 12.1 Å². The van der Waals surface area contributed by atoms with E-state index in [0.29, 0.717) is 17.0 Å². The predicted molar refractivity (Wildman–Crippen MR) is 100 cm³/mol. The third-order valence-electron chi connectivity index (χ3n) is 2.33. The molecule has 0 unspecified atom stereocenters. The molecule has 98 valence electrons. The fourth-order valence-corrected chi connectivity index (χ4v) is 3.81. The average molecular weight is 591 g/mol. The maximum Gasteiger partial charge on any atom is 0.344 e. The third kappa shape index (κ3) is 3.72. The fourth-order valence-electron chi connectivity index (χ4n) is 1.43. The van der Waals surface area contributed by atoms with E-state index in [1.165, 1.54) is 0 Å². The van der Waals surface area contributed by atoms with Gasteiger partial charge in [0.2, 0.25) is 0 Å². The minimum Gasteiger partial charge on any atom is -0.421 e. The quantitative estimate of drug-likeness (QED) is 0.187. The Labute approximate surface area is 151 Å². The number of para-hydroxylation sites is 2. The monoisotopic (exact) mass is 591 g/mol. The Bertz CT molecular complexity index is 644. The standard InChI is InChI=1S/C13H8I3NO2/c14-7-5-8(12(16)9(15)6-7)13(18)19-11-4-2-1-3-10(11)17/h1-6H,17H2. The summed E-state index contributed by atoms with van der Waals surface area (Å²) in [7, 11) is 0. The van der Waals surface area contributed by atoms with Gasteiger partial charge in [-0.2, -0.15) is 0 Å². The molecule has 0 atom stereocenters. The second kappa shape index (κ2) is 6.57. The molecule has 0 aliphatic carbocycles. The highest BCUT2D eigenvalue weighted by atomic mass is 127. The summed E-state index contributed by atoms with van der Waals surface area (Å²) in [6.07, 6.45) is 0. The molecular formula is C13H8I3NO2. The van der Waals surface area contributed by atoms with Crippen LogP contribution in [0.5, 0.6) is 5.75 Å². The smallest absolute Gasteiger partial charge is 0.344 e. The van der Waals surface area contributed by atoms with E-state index < -0.39 is 5.97 Å². The van der Waals surface area contributed by atoms with Crippen molar-refractivity contribution in [1.29, 1.82) is 0 Å². The maximum atomic E-state index is 12.2. The van der Waals surface area contributed by atoms with Gasteiger partial charge in [0.25, 0.3) is 0 Å². The topological polar surface area (TPSA) is 52.3 Å². The highest BCUT2D eigenvalue weighted by molar-refractivity contribution is 14.1. The van der Waals surface area contributed by atoms with E-state index in [9.17, 15) is 4.79 Å². The average Bonchev–Trinajstić information content (AvgIpc) is 2.36. The predicted octanol–water partition coefficient (Wildman–Crippen LogP) is 4.30. The number of hydrogen-bond donors (Lipinski definition) is 1. The SMILES string of the molecule is Nc1ccccc1OC(=O)c1cc(I)cc(I)c1I. The molecule has 2 aromatic rings. The van der Waals surface area contributed by atoms with Crippen LogP contribution >= 0.6 is 67.8 Å². The van der Waals surface area contributed by atoms with Crippen LogP contribution in [0, 0.1) is 10.7 Å². The van der Waals surface area contributed by atoms with Crippen LogP contribution in [0.3, 0.4) is 0 Å². The summed E-state index contributed by atoms with van der Waals surface area (Å²) in [5.41, 5.74) is 6.77. The van der Waals surface area contributed by atoms with Gasteiger partial charge in [-0.25, -0.2) is 4.79 Å². The Balaban J connectivity index is 2.33. The third-order valence-corrected chi connectivity index (χ3v) is 6.00. The van der Waals surface area contributed by atoms with Crippen molar-refractivity contribution in [3.05, 3.63) is 52.7 Å². The highest BCUT2D eigenvalue weighted by Gasteiger charge is 2.16. The fraction of sp³-hybridized carbons (Fsp3) is 0.